The van der Waals surface area contributed by atoms with Gasteiger partial charge >= 0.3 is 0 Å². The Morgan fingerprint density at radius 3 is 3.00 bits per heavy atom. The van der Waals surface area contributed by atoms with Crippen molar-refractivity contribution < 1.29 is 4.74 Å². The molecular weight excluding hydrogens is 238 g/mol. The first kappa shape index (κ1) is 14.8. The second-order valence-electron chi connectivity index (χ2n) is 6.05. The number of ether oxygens (including phenoxy) is 1. The molecule has 3 unspecified atom stereocenters. The Bertz CT molecular complexity index is 326. The molecule has 19 heavy (non-hydrogen) atoms. The average Bonchev–Trinajstić information content (AvgIpc) is 2.79. The molecule has 2 fully saturated rings. The molecule has 1 heterocycles. The molecule has 4 nitrogen and oxygen atoms in total. The molecule has 0 aromatic carbocycles. The Hall–Kier alpha value is -0.630. The summed E-state index contributed by atoms with van der Waals surface area (Å²) in [4.78, 5) is 2.49. The van der Waals surface area contributed by atoms with Gasteiger partial charge in [0.25, 0.3) is 0 Å². The Balaban J connectivity index is 1.77. The third-order valence-corrected chi connectivity index (χ3v) is 4.74. The van der Waals surface area contributed by atoms with E-state index in [0.717, 1.165) is 45.4 Å². The largest absolute Gasteiger partial charge is 0.377 e. The van der Waals surface area contributed by atoms with Crippen LogP contribution >= 0.6 is 0 Å². The van der Waals surface area contributed by atoms with Gasteiger partial charge in [0.1, 0.15) is 5.54 Å². The zero-order valence-corrected chi connectivity index (χ0v) is 12.1. The first-order valence-corrected chi connectivity index (χ1v) is 7.72. The van der Waals surface area contributed by atoms with E-state index in [1.165, 1.54) is 19.4 Å². The molecule has 1 saturated heterocycles. The standard InChI is InChI=1S/C15H27N3O/c1-2-19-14-6-4-9-18(11-14)10-7-13-5-3-8-15(13,17)12-16/h13-14H,2-11,17H2,1H3. The lowest BCUT2D eigenvalue weighted by Crippen LogP contribution is -2.45. The molecular formula is C15H27N3O. The highest BCUT2D eigenvalue weighted by Gasteiger charge is 2.39. The van der Waals surface area contributed by atoms with Crippen LogP contribution in [0.25, 0.3) is 0 Å². The summed E-state index contributed by atoms with van der Waals surface area (Å²) in [7, 11) is 0. The van der Waals surface area contributed by atoms with Gasteiger partial charge in [0.05, 0.1) is 12.2 Å². The third kappa shape index (κ3) is 3.68. The minimum absolute atomic E-state index is 0.380. The van der Waals surface area contributed by atoms with Gasteiger partial charge in [-0.25, -0.2) is 0 Å². The summed E-state index contributed by atoms with van der Waals surface area (Å²) < 4.78 is 5.73. The van der Waals surface area contributed by atoms with E-state index in [9.17, 15) is 5.26 Å². The maximum Gasteiger partial charge on any atom is 0.107 e. The molecule has 0 aromatic rings. The Kier molecular flexibility index (Phi) is 5.20. The van der Waals surface area contributed by atoms with Crippen LogP contribution in [-0.2, 0) is 4.74 Å². The van der Waals surface area contributed by atoms with E-state index in [4.69, 9.17) is 10.5 Å². The van der Waals surface area contributed by atoms with Gasteiger partial charge in [-0.2, -0.15) is 5.26 Å². The van der Waals surface area contributed by atoms with E-state index >= 15 is 0 Å². The number of rotatable bonds is 5. The number of hydrogen-bond donors (Lipinski definition) is 1. The highest BCUT2D eigenvalue weighted by Crippen LogP contribution is 2.35. The van der Waals surface area contributed by atoms with Crippen LogP contribution in [-0.4, -0.2) is 42.8 Å². The molecule has 0 spiro atoms. The number of nitrogens with zero attached hydrogens (tertiary/aromatic N) is 2. The van der Waals surface area contributed by atoms with Crippen LogP contribution in [0.1, 0.15) is 45.4 Å². The normalized spacial score (nSPS) is 36.3. The summed E-state index contributed by atoms with van der Waals surface area (Å²) in [5.74, 6) is 0.380. The number of likely N-dealkylation sites (tertiary alicyclic amines) is 1. The lowest BCUT2D eigenvalue weighted by Gasteiger charge is -2.34. The summed E-state index contributed by atoms with van der Waals surface area (Å²) in [5, 5.41) is 9.24. The van der Waals surface area contributed by atoms with Crippen molar-refractivity contribution in [2.75, 3.05) is 26.2 Å². The van der Waals surface area contributed by atoms with Crippen LogP contribution in [0.3, 0.4) is 0 Å². The van der Waals surface area contributed by atoms with Gasteiger partial charge in [-0.05, 0) is 58.0 Å². The van der Waals surface area contributed by atoms with Crippen molar-refractivity contribution in [3.8, 4) is 6.07 Å². The Morgan fingerprint density at radius 2 is 2.26 bits per heavy atom. The molecule has 2 N–H and O–H groups in total. The van der Waals surface area contributed by atoms with E-state index < -0.39 is 5.54 Å². The Labute approximate surface area is 116 Å². The fourth-order valence-corrected chi connectivity index (χ4v) is 3.58. The van der Waals surface area contributed by atoms with Gasteiger partial charge in [0, 0.05) is 13.2 Å². The van der Waals surface area contributed by atoms with Gasteiger partial charge in [-0.1, -0.05) is 6.42 Å². The maximum absolute atomic E-state index is 9.24. The summed E-state index contributed by atoms with van der Waals surface area (Å²) in [5.41, 5.74) is 5.63. The van der Waals surface area contributed by atoms with E-state index in [1.54, 1.807) is 0 Å². The highest BCUT2D eigenvalue weighted by molar-refractivity contribution is 5.11. The first-order valence-electron chi connectivity index (χ1n) is 7.72. The topological polar surface area (TPSA) is 62.3 Å². The predicted molar refractivity (Wildman–Crippen MR) is 75.6 cm³/mol. The minimum atomic E-state index is -0.560. The van der Waals surface area contributed by atoms with Gasteiger partial charge in [0.15, 0.2) is 0 Å². The van der Waals surface area contributed by atoms with Crippen LogP contribution in [0.4, 0.5) is 0 Å². The van der Waals surface area contributed by atoms with E-state index in [1.807, 2.05) is 0 Å². The zero-order chi connectivity index (χ0) is 13.7. The number of hydrogen-bond acceptors (Lipinski definition) is 4. The molecule has 1 aliphatic heterocycles. The molecule has 0 radical (unpaired) electrons. The van der Waals surface area contributed by atoms with Crippen LogP contribution in [0.15, 0.2) is 0 Å². The molecule has 0 aromatic heterocycles. The van der Waals surface area contributed by atoms with E-state index in [0.29, 0.717) is 12.0 Å². The molecule has 1 saturated carbocycles. The van der Waals surface area contributed by atoms with Crippen LogP contribution < -0.4 is 5.73 Å². The molecule has 0 amide bonds. The predicted octanol–water partition coefficient (Wildman–Crippen LogP) is 1.90. The maximum atomic E-state index is 9.24. The van der Waals surface area contributed by atoms with Crippen LogP contribution in [0.2, 0.25) is 0 Å². The smallest absolute Gasteiger partial charge is 0.107 e. The molecule has 108 valence electrons. The van der Waals surface area contributed by atoms with Gasteiger partial charge < -0.3 is 15.4 Å². The van der Waals surface area contributed by atoms with Crippen molar-refractivity contribution in [3.63, 3.8) is 0 Å². The second-order valence-corrected chi connectivity index (χ2v) is 6.05. The SMILES string of the molecule is CCOC1CCCN(CCC2CCCC2(N)C#N)C1. The van der Waals surface area contributed by atoms with Gasteiger partial charge in [-0.15, -0.1) is 0 Å². The number of nitriles is 1. The molecule has 2 aliphatic rings. The summed E-state index contributed by atoms with van der Waals surface area (Å²) in [6.45, 7) is 6.15. The summed E-state index contributed by atoms with van der Waals surface area (Å²) in [6, 6.07) is 2.34. The molecule has 0 bridgehead atoms. The zero-order valence-electron chi connectivity index (χ0n) is 12.1. The van der Waals surface area contributed by atoms with Crippen molar-refractivity contribution in [2.45, 2.75) is 57.1 Å². The van der Waals surface area contributed by atoms with E-state index in [2.05, 4.69) is 17.9 Å². The van der Waals surface area contributed by atoms with Crippen molar-refractivity contribution in [3.05, 3.63) is 0 Å². The fourth-order valence-electron chi connectivity index (χ4n) is 3.58. The minimum Gasteiger partial charge on any atom is -0.377 e. The molecule has 3 atom stereocenters. The number of piperidine rings is 1. The van der Waals surface area contributed by atoms with Crippen LogP contribution in [0, 0.1) is 17.2 Å². The number of nitrogens with two attached hydrogens (primary N) is 1. The average molecular weight is 265 g/mol. The highest BCUT2D eigenvalue weighted by atomic mass is 16.5. The van der Waals surface area contributed by atoms with Gasteiger partial charge in [0.2, 0.25) is 0 Å². The summed E-state index contributed by atoms with van der Waals surface area (Å²) >= 11 is 0. The lowest BCUT2D eigenvalue weighted by atomic mass is 9.87. The van der Waals surface area contributed by atoms with Crippen LogP contribution in [0.5, 0.6) is 0 Å². The van der Waals surface area contributed by atoms with Crippen molar-refractivity contribution in [2.24, 2.45) is 11.7 Å². The van der Waals surface area contributed by atoms with E-state index in [-0.39, 0.29) is 0 Å². The third-order valence-electron chi connectivity index (χ3n) is 4.74. The van der Waals surface area contributed by atoms with Crippen molar-refractivity contribution >= 4 is 0 Å². The van der Waals surface area contributed by atoms with Crippen molar-refractivity contribution in [1.29, 1.82) is 5.26 Å². The molecule has 2 rings (SSSR count). The molecule has 4 heteroatoms. The monoisotopic (exact) mass is 265 g/mol. The molecule has 1 aliphatic carbocycles. The summed E-state index contributed by atoms with van der Waals surface area (Å²) in [6.07, 6.45) is 6.97. The Morgan fingerprint density at radius 1 is 1.42 bits per heavy atom. The second kappa shape index (κ2) is 6.69. The van der Waals surface area contributed by atoms with Gasteiger partial charge in [-0.3, -0.25) is 0 Å². The van der Waals surface area contributed by atoms with Crippen molar-refractivity contribution in [1.82, 2.24) is 4.90 Å². The lowest BCUT2D eigenvalue weighted by molar-refractivity contribution is 0.00429. The fraction of sp³-hybridized carbons (Fsp3) is 0.933. The first-order chi connectivity index (χ1) is 9.18. The quantitative estimate of drug-likeness (QED) is 0.824.